The van der Waals surface area contributed by atoms with E-state index in [1.165, 1.54) is 0 Å². The average molecular weight is 515 g/mol. The van der Waals surface area contributed by atoms with Crippen LogP contribution in [0.25, 0.3) is 22.6 Å². The number of imidazole rings is 1. The molecule has 0 radical (unpaired) electrons. The molecule has 3 aromatic rings. The molecule has 0 bridgehead atoms. The van der Waals surface area contributed by atoms with Gasteiger partial charge in [0.1, 0.15) is 11.6 Å². The molecule has 0 atom stereocenters. The Kier molecular flexibility index (Phi) is 6.70. The summed E-state index contributed by atoms with van der Waals surface area (Å²) in [6, 6.07) is 7.83. The number of rotatable bonds is 4. The Morgan fingerprint density at radius 2 is 1.91 bits per heavy atom. The molecule has 2 saturated heterocycles. The highest BCUT2D eigenvalue weighted by Gasteiger charge is 2.32. The summed E-state index contributed by atoms with van der Waals surface area (Å²) < 4.78 is 7.81. The Bertz CT molecular complexity index is 1300. The molecule has 8 nitrogen and oxygen atoms in total. The van der Waals surface area contributed by atoms with Crippen molar-refractivity contribution < 1.29 is 9.53 Å². The first-order chi connectivity index (χ1) is 16.6. The van der Waals surface area contributed by atoms with E-state index in [9.17, 15) is 4.79 Å². The number of aryl methyl sites for hydroxylation is 1. The van der Waals surface area contributed by atoms with Crippen molar-refractivity contribution in [3.63, 3.8) is 0 Å². The van der Waals surface area contributed by atoms with Crippen LogP contribution in [0.2, 0.25) is 5.02 Å². The van der Waals surface area contributed by atoms with Gasteiger partial charge in [0.05, 0.1) is 11.6 Å². The minimum atomic E-state index is 0. The van der Waals surface area contributed by atoms with Gasteiger partial charge in [0, 0.05) is 50.5 Å². The lowest BCUT2D eigenvalue weighted by molar-refractivity contribution is -0.127. The van der Waals surface area contributed by atoms with Gasteiger partial charge in [-0.25, -0.2) is 15.0 Å². The van der Waals surface area contributed by atoms with Gasteiger partial charge in [-0.1, -0.05) is 29.8 Å². The number of ether oxygens (including phenoxy) is 1. The molecule has 1 amide bonds. The fourth-order valence-electron chi connectivity index (χ4n) is 5.20. The van der Waals surface area contributed by atoms with Crippen molar-refractivity contribution in [1.29, 1.82) is 0 Å². The summed E-state index contributed by atoms with van der Waals surface area (Å²) in [6.07, 6.45) is 4.54. The Morgan fingerprint density at radius 1 is 1.11 bits per heavy atom. The second-order valence-electron chi connectivity index (χ2n) is 9.21. The Balaban J connectivity index is 0.00000253. The highest BCUT2D eigenvalue weighted by molar-refractivity contribution is 6.33. The molecule has 6 rings (SSSR count). The van der Waals surface area contributed by atoms with Crippen LogP contribution < -0.4 is 4.90 Å². The largest absolute Gasteiger partial charge is 0.381 e. The van der Waals surface area contributed by atoms with Crippen molar-refractivity contribution >= 4 is 46.9 Å². The number of piperazine rings is 1. The van der Waals surface area contributed by atoms with E-state index in [1.807, 2.05) is 42.2 Å². The molecule has 5 heterocycles. The zero-order valence-corrected chi connectivity index (χ0v) is 21.2. The summed E-state index contributed by atoms with van der Waals surface area (Å²) in [4.78, 5) is 31.0. The number of carbonyl (C=O) groups is 1. The van der Waals surface area contributed by atoms with Gasteiger partial charge in [0.25, 0.3) is 0 Å². The molecular formula is C25H28Cl2N6O2. The fourth-order valence-corrected chi connectivity index (χ4v) is 5.42. The van der Waals surface area contributed by atoms with Crippen molar-refractivity contribution in [2.75, 3.05) is 37.7 Å². The van der Waals surface area contributed by atoms with E-state index >= 15 is 0 Å². The maximum atomic E-state index is 12.1. The minimum Gasteiger partial charge on any atom is -0.381 e. The SMILES string of the molecule is Cc1nc(N2CCN3C(=O)CC=C3C2)c2nc(-c3ccccc3Cl)n(CC3CCOCC3)c2n1.Cl. The smallest absolute Gasteiger partial charge is 0.230 e. The molecule has 2 aromatic heterocycles. The van der Waals surface area contributed by atoms with Crippen LogP contribution in [0.3, 0.4) is 0 Å². The van der Waals surface area contributed by atoms with Crippen LogP contribution in [0.15, 0.2) is 36.0 Å². The summed E-state index contributed by atoms with van der Waals surface area (Å²) in [5, 5.41) is 0.667. The number of hydrogen-bond acceptors (Lipinski definition) is 6. The topological polar surface area (TPSA) is 76.4 Å². The average Bonchev–Trinajstić information content (AvgIpc) is 3.40. The lowest BCUT2D eigenvalue weighted by Crippen LogP contribution is -2.45. The van der Waals surface area contributed by atoms with E-state index in [0.717, 1.165) is 66.7 Å². The third kappa shape index (κ3) is 4.39. The number of aromatic nitrogens is 4. The maximum Gasteiger partial charge on any atom is 0.230 e. The zero-order chi connectivity index (χ0) is 23.2. The number of benzene rings is 1. The molecule has 0 saturated carbocycles. The normalized spacial score (nSPS) is 18.6. The van der Waals surface area contributed by atoms with E-state index < -0.39 is 0 Å². The Hall–Kier alpha value is -2.68. The van der Waals surface area contributed by atoms with E-state index in [2.05, 4.69) is 9.47 Å². The predicted octanol–water partition coefficient (Wildman–Crippen LogP) is 4.24. The molecule has 0 unspecified atom stereocenters. The van der Waals surface area contributed by atoms with Gasteiger partial charge in [-0.3, -0.25) is 4.79 Å². The first-order valence-corrected chi connectivity index (χ1v) is 12.3. The van der Waals surface area contributed by atoms with Crippen molar-refractivity contribution in [3.05, 3.63) is 46.9 Å². The number of carbonyl (C=O) groups excluding carboxylic acids is 1. The monoisotopic (exact) mass is 514 g/mol. The second kappa shape index (κ2) is 9.76. The molecular weight excluding hydrogens is 487 g/mol. The standard InChI is InChI=1S/C25H27ClN6O2.ClH/c1-16-27-24(30-10-11-31-18(15-30)6-7-21(31)33)22-25(28-16)32(14-17-8-12-34-13-9-17)23(29-22)19-4-2-3-5-20(19)26;/h2-6,17H,7-15H2,1H3;1H. The second-order valence-corrected chi connectivity index (χ2v) is 9.62. The zero-order valence-electron chi connectivity index (χ0n) is 19.6. The summed E-state index contributed by atoms with van der Waals surface area (Å²) in [5.41, 5.74) is 3.56. The molecule has 1 aromatic carbocycles. The highest BCUT2D eigenvalue weighted by Crippen LogP contribution is 2.35. The molecule has 0 spiro atoms. The number of amides is 1. The van der Waals surface area contributed by atoms with Gasteiger partial charge in [0.2, 0.25) is 5.91 Å². The Labute approximate surface area is 215 Å². The van der Waals surface area contributed by atoms with E-state index in [1.54, 1.807) is 0 Å². The summed E-state index contributed by atoms with van der Waals surface area (Å²) >= 11 is 6.63. The van der Waals surface area contributed by atoms with E-state index in [-0.39, 0.29) is 18.3 Å². The van der Waals surface area contributed by atoms with Crippen molar-refractivity contribution in [1.82, 2.24) is 24.4 Å². The van der Waals surface area contributed by atoms with E-state index in [0.29, 0.717) is 42.8 Å². The highest BCUT2D eigenvalue weighted by atomic mass is 35.5. The van der Waals surface area contributed by atoms with Crippen LogP contribution in [0.5, 0.6) is 0 Å². The van der Waals surface area contributed by atoms with Crippen molar-refractivity contribution in [2.45, 2.75) is 32.7 Å². The van der Waals surface area contributed by atoms with Crippen LogP contribution >= 0.6 is 24.0 Å². The number of nitrogens with zero attached hydrogens (tertiary/aromatic N) is 6. The van der Waals surface area contributed by atoms with Crippen molar-refractivity contribution in [3.8, 4) is 11.4 Å². The summed E-state index contributed by atoms with van der Waals surface area (Å²) in [7, 11) is 0. The number of fused-ring (bicyclic) bond motifs is 2. The number of anilines is 1. The maximum absolute atomic E-state index is 12.1. The predicted molar refractivity (Wildman–Crippen MR) is 138 cm³/mol. The molecule has 184 valence electrons. The van der Waals surface area contributed by atoms with Gasteiger partial charge in [-0.2, -0.15) is 0 Å². The van der Waals surface area contributed by atoms with Crippen LogP contribution in [0.1, 0.15) is 25.1 Å². The van der Waals surface area contributed by atoms with Gasteiger partial charge in [-0.15, -0.1) is 12.4 Å². The molecule has 3 aliphatic rings. The molecule has 3 aliphatic heterocycles. The Morgan fingerprint density at radius 3 is 2.71 bits per heavy atom. The molecule has 0 N–H and O–H groups in total. The first kappa shape index (κ1) is 24.0. The van der Waals surface area contributed by atoms with Gasteiger partial charge >= 0.3 is 0 Å². The van der Waals surface area contributed by atoms with Gasteiger partial charge in [-0.05, 0) is 37.8 Å². The molecule has 2 fully saturated rings. The van der Waals surface area contributed by atoms with Gasteiger partial charge in [0.15, 0.2) is 17.0 Å². The minimum absolute atomic E-state index is 0. The lowest BCUT2D eigenvalue weighted by Gasteiger charge is -2.35. The quantitative estimate of drug-likeness (QED) is 0.518. The van der Waals surface area contributed by atoms with E-state index in [4.69, 9.17) is 31.3 Å². The third-order valence-corrected chi connectivity index (χ3v) is 7.32. The van der Waals surface area contributed by atoms with Gasteiger partial charge < -0.3 is 19.1 Å². The molecule has 0 aliphatic carbocycles. The third-order valence-electron chi connectivity index (χ3n) is 6.99. The van der Waals surface area contributed by atoms with Crippen LogP contribution in [-0.2, 0) is 16.1 Å². The number of halogens is 2. The van der Waals surface area contributed by atoms with Crippen LogP contribution in [0, 0.1) is 12.8 Å². The lowest BCUT2D eigenvalue weighted by atomic mass is 10.00. The molecule has 10 heteroatoms. The van der Waals surface area contributed by atoms with Crippen molar-refractivity contribution in [2.24, 2.45) is 5.92 Å². The molecule has 35 heavy (non-hydrogen) atoms. The summed E-state index contributed by atoms with van der Waals surface area (Å²) in [5.74, 6) is 3.02. The van der Waals surface area contributed by atoms with Crippen LogP contribution in [-0.4, -0.2) is 63.2 Å². The first-order valence-electron chi connectivity index (χ1n) is 11.9. The van der Waals surface area contributed by atoms with Crippen LogP contribution in [0.4, 0.5) is 5.82 Å². The summed E-state index contributed by atoms with van der Waals surface area (Å²) in [6.45, 7) is 6.33. The fraction of sp³-hybridized carbons (Fsp3) is 0.440. The number of hydrogen-bond donors (Lipinski definition) is 0.